The fourth-order valence-electron chi connectivity index (χ4n) is 3.12. The molecule has 0 spiro atoms. The van der Waals surface area contributed by atoms with Crippen molar-refractivity contribution in [3.63, 3.8) is 0 Å². The molecule has 29 heavy (non-hydrogen) atoms. The molecule has 1 atom stereocenters. The smallest absolute Gasteiger partial charge is 0.323 e. The number of nitrogens with one attached hydrogen (secondary N) is 2. The molecule has 0 aliphatic carbocycles. The highest BCUT2D eigenvalue weighted by Gasteiger charge is 2.23. The van der Waals surface area contributed by atoms with Crippen molar-refractivity contribution in [2.24, 2.45) is 0 Å². The zero-order valence-electron chi connectivity index (χ0n) is 16.6. The molecule has 1 aliphatic rings. The van der Waals surface area contributed by atoms with Gasteiger partial charge in [-0.25, -0.2) is 9.78 Å². The van der Waals surface area contributed by atoms with E-state index in [-0.39, 0.29) is 30.3 Å². The summed E-state index contributed by atoms with van der Waals surface area (Å²) in [5.74, 6) is -0.0978. The SMILES string of the molecule is CC(=O)N1CCN(C(=O)Nc2nc(CC(=O)NC(C)c3ccccc3)cs2)CC1. The third-order valence-electron chi connectivity index (χ3n) is 4.80. The maximum absolute atomic E-state index is 12.4. The molecule has 1 aromatic carbocycles. The zero-order valence-corrected chi connectivity index (χ0v) is 17.4. The second kappa shape index (κ2) is 9.51. The number of benzene rings is 1. The van der Waals surface area contributed by atoms with Crippen LogP contribution in [0.15, 0.2) is 35.7 Å². The molecule has 0 bridgehead atoms. The summed E-state index contributed by atoms with van der Waals surface area (Å²) in [6.45, 7) is 5.51. The number of aromatic nitrogens is 1. The van der Waals surface area contributed by atoms with Crippen LogP contribution >= 0.6 is 11.3 Å². The Morgan fingerprint density at radius 1 is 1.10 bits per heavy atom. The Morgan fingerprint density at radius 2 is 1.76 bits per heavy atom. The number of thiazole rings is 1. The second-order valence-electron chi connectivity index (χ2n) is 6.94. The summed E-state index contributed by atoms with van der Waals surface area (Å²) in [4.78, 5) is 43.8. The standard InChI is InChI=1S/C20H25N5O3S/c1-14(16-6-4-3-5-7-16)21-18(27)12-17-13-29-19(22-17)23-20(28)25-10-8-24(9-11-25)15(2)26/h3-7,13-14H,8-12H2,1-2H3,(H,21,27)(H,22,23,28). The predicted molar refractivity (Wildman–Crippen MR) is 112 cm³/mol. The molecule has 9 heteroatoms. The number of carbonyl (C=O) groups is 3. The fourth-order valence-corrected chi connectivity index (χ4v) is 3.82. The van der Waals surface area contributed by atoms with E-state index < -0.39 is 0 Å². The number of carbonyl (C=O) groups excluding carboxylic acids is 3. The predicted octanol–water partition coefficient (Wildman–Crippen LogP) is 2.26. The number of anilines is 1. The van der Waals surface area contributed by atoms with Crippen molar-refractivity contribution in [1.29, 1.82) is 0 Å². The van der Waals surface area contributed by atoms with Crippen LogP contribution in [0.2, 0.25) is 0 Å². The molecule has 154 valence electrons. The van der Waals surface area contributed by atoms with Crippen LogP contribution < -0.4 is 10.6 Å². The molecule has 1 aliphatic heterocycles. The Labute approximate surface area is 173 Å². The number of nitrogens with zero attached hydrogens (tertiary/aromatic N) is 3. The van der Waals surface area contributed by atoms with Gasteiger partial charge >= 0.3 is 6.03 Å². The Hall–Kier alpha value is -2.94. The van der Waals surface area contributed by atoms with Crippen LogP contribution in [0.4, 0.5) is 9.93 Å². The number of rotatable bonds is 5. The Morgan fingerprint density at radius 3 is 2.41 bits per heavy atom. The molecule has 4 amide bonds. The van der Waals surface area contributed by atoms with Crippen molar-refractivity contribution in [3.05, 3.63) is 47.0 Å². The van der Waals surface area contributed by atoms with Gasteiger partial charge in [0, 0.05) is 38.5 Å². The molecule has 0 radical (unpaired) electrons. The highest BCUT2D eigenvalue weighted by Crippen LogP contribution is 2.18. The maximum atomic E-state index is 12.4. The number of urea groups is 1. The van der Waals surface area contributed by atoms with Gasteiger partial charge in [0.25, 0.3) is 0 Å². The Bertz CT molecular complexity index is 862. The molecule has 3 rings (SSSR count). The van der Waals surface area contributed by atoms with Gasteiger partial charge in [-0.2, -0.15) is 0 Å². The average molecular weight is 416 g/mol. The minimum atomic E-state index is -0.240. The molecule has 1 saturated heterocycles. The van der Waals surface area contributed by atoms with Crippen molar-refractivity contribution >= 4 is 34.3 Å². The number of hydrogen-bond donors (Lipinski definition) is 2. The van der Waals surface area contributed by atoms with Gasteiger partial charge in [-0.1, -0.05) is 30.3 Å². The van der Waals surface area contributed by atoms with Crippen molar-refractivity contribution in [2.75, 3.05) is 31.5 Å². The highest BCUT2D eigenvalue weighted by atomic mass is 32.1. The van der Waals surface area contributed by atoms with E-state index in [1.807, 2.05) is 37.3 Å². The van der Waals surface area contributed by atoms with E-state index in [9.17, 15) is 14.4 Å². The lowest BCUT2D eigenvalue weighted by Gasteiger charge is -2.33. The fraction of sp³-hybridized carbons (Fsp3) is 0.400. The molecule has 1 unspecified atom stereocenters. The van der Waals surface area contributed by atoms with Gasteiger partial charge in [0.05, 0.1) is 18.2 Å². The summed E-state index contributed by atoms with van der Waals surface area (Å²) in [6.07, 6.45) is 0.154. The Balaban J connectivity index is 1.47. The summed E-state index contributed by atoms with van der Waals surface area (Å²) in [6, 6.07) is 9.42. The quantitative estimate of drug-likeness (QED) is 0.783. The van der Waals surface area contributed by atoms with Gasteiger partial charge in [-0.05, 0) is 12.5 Å². The van der Waals surface area contributed by atoms with Crippen molar-refractivity contribution < 1.29 is 14.4 Å². The lowest BCUT2D eigenvalue weighted by molar-refractivity contribution is -0.130. The van der Waals surface area contributed by atoms with Gasteiger partial charge in [-0.3, -0.25) is 14.9 Å². The van der Waals surface area contributed by atoms with Crippen LogP contribution in [-0.2, 0) is 16.0 Å². The van der Waals surface area contributed by atoms with Gasteiger partial charge in [-0.15, -0.1) is 11.3 Å². The largest absolute Gasteiger partial charge is 0.349 e. The van der Waals surface area contributed by atoms with Crippen molar-refractivity contribution in [2.45, 2.75) is 26.3 Å². The normalized spacial score (nSPS) is 15.0. The first-order valence-corrected chi connectivity index (χ1v) is 10.4. The summed E-state index contributed by atoms with van der Waals surface area (Å²) >= 11 is 1.29. The van der Waals surface area contributed by atoms with Crippen molar-refractivity contribution in [3.8, 4) is 0 Å². The van der Waals surface area contributed by atoms with Crippen LogP contribution in [0, 0.1) is 0 Å². The molecular formula is C20H25N5O3S. The minimum absolute atomic E-state index is 0.0227. The van der Waals surface area contributed by atoms with E-state index in [1.165, 1.54) is 18.3 Å². The van der Waals surface area contributed by atoms with Crippen LogP contribution in [0.5, 0.6) is 0 Å². The lowest BCUT2D eigenvalue weighted by Crippen LogP contribution is -2.51. The molecule has 0 saturated carbocycles. The van der Waals surface area contributed by atoms with Crippen LogP contribution in [0.25, 0.3) is 0 Å². The number of hydrogen-bond acceptors (Lipinski definition) is 5. The van der Waals surface area contributed by atoms with E-state index in [4.69, 9.17) is 0 Å². The molecule has 1 aromatic heterocycles. The van der Waals surface area contributed by atoms with Crippen LogP contribution in [0.1, 0.15) is 31.1 Å². The molecule has 2 heterocycles. The summed E-state index contributed by atoms with van der Waals surface area (Å²) in [5, 5.41) is 7.97. The van der Waals surface area contributed by atoms with Crippen LogP contribution in [-0.4, -0.2) is 58.8 Å². The first kappa shape index (κ1) is 20.8. The first-order valence-electron chi connectivity index (χ1n) is 9.52. The monoisotopic (exact) mass is 415 g/mol. The molecule has 8 nitrogen and oxygen atoms in total. The molecular weight excluding hydrogens is 390 g/mol. The van der Waals surface area contributed by atoms with Gasteiger partial charge < -0.3 is 15.1 Å². The van der Waals surface area contributed by atoms with Gasteiger partial charge in [0.15, 0.2) is 5.13 Å². The summed E-state index contributed by atoms with van der Waals surface area (Å²) in [7, 11) is 0. The third kappa shape index (κ3) is 5.77. The topological polar surface area (TPSA) is 94.6 Å². The van der Waals surface area contributed by atoms with Crippen LogP contribution in [0.3, 0.4) is 0 Å². The minimum Gasteiger partial charge on any atom is -0.349 e. The van der Waals surface area contributed by atoms with E-state index in [2.05, 4.69) is 15.6 Å². The molecule has 2 N–H and O–H groups in total. The van der Waals surface area contributed by atoms with E-state index >= 15 is 0 Å². The third-order valence-corrected chi connectivity index (χ3v) is 5.60. The molecule has 1 fully saturated rings. The summed E-state index contributed by atoms with van der Waals surface area (Å²) in [5.41, 5.74) is 1.65. The maximum Gasteiger partial charge on any atom is 0.323 e. The number of amides is 4. The van der Waals surface area contributed by atoms with E-state index in [0.29, 0.717) is 37.0 Å². The van der Waals surface area contributed by atoms with Crippen molar-refractivity contribution in [1.82, 2.24) is 20.1 Å². The van der Waals surface area contributed by atoms with Gasteiger partial charge in [0.2, 0.25) is 11.8 Å². The Kier molecular flexibility index (Phi) is 6.82. The average Bonchev–Trinajstić information content (AvgIpc) is 3.15. The zero-order chi connectivity index (χ0) is 20.8. The van der Waals surface area contributed by atoms with E-state index in [1.54, 1.807) is 15.2 Å². The number of piperazine rings is 1. The summed E-state index contributed by atoms with van der Waals surface area (Å²) < 4.78 is 0. The highest BCUT2D eigenvalue weighted by molar-refractivity contribution is 7.13. The van der Waals surface area contributed by atoms with E-state index in [0.717, 1.165) is 5.56 Å². The first-order chi connectivity index (χ1) is 13.9. The van der Waals surface area contributed by atoms with Gasteiger partial charge in [0.1, 0.15) is 0 Å². The molecule has 2 aromatic rings. The lowest BCUT2D eigenvalue weighted by atomic mass is 10.1. The second-order valence-corrected chi connectivity index (χ2v) is 7.80.